The molecule has 0 aliphatic carbocycles. The number of nitrogens with zero attached hydrogens (tertiary/aromatic N) is 1. The van der Waals surface area contributed by atoms with Gasteiger partial charge < -0.3 is 0 Å². The van der Waals surface area contributed by atoms with Crippen LogP contribution in [0.1, 0.15) is 0 Å². The van der Waals surface area contributed by atoms with E-state index >= 15 is 0 Å². The van der Waals surface area contributed by atoms with Crippen LogP contribution in [0.3, 0.4) is 0 Å². The Morgan fingerprint density at radius 2 is 1.42 bits per heavy atom. The molecule has 3 aromatic carbocycles. The highest BCUT2D eigenvalue weighted by molar-refractivity contribution is 6.13. The summed E-state index contributed by atoms with van der Waals surface area (Å²) < 4.78 is 0. The van der Waals surface area contributed by atoms with Gasteiger partial charge >= 0.3 is 0 Å². The van der Waals surface area contributed by atoms with Gasteiger partial charge in [0.1, 0.15) is 0 Å². The van der Waals surface area contributed by atoms with E-state index in [4.69, 9.17) is 4.98 Å². The molecule has 5 rings (SSSR count). The summed E-state index contributed by atoms with van der Waals surface area (Å²) in [5, 5.41) is 3.67. The van der Waals surface area contributed by atoms with Crippen molar-refractivity contribution >= 4 is 21.7 Å². The summed E-state index contributed by atoms with van der Waals surface area (Å²) in [6.45, 7) is 0. The van der Waals surface area contributed by atoms with Crippen LogP contribution in [0.25, 0.3) is 44.1 Å². The molecule has 0 fully saturated rings. The van der Waals surface area contributed by atoms with Gasteiger partial charge in [-0.2, -0.15) is 0 Å². The number of H-pyrrole nitrogens is 1. The zero-order valence-electron chi connectivity index (χ0n) is 14.2. The molecule has 0 radical (unpaired) electrons. The maximum Gasteiger partial charge on any atom is 0.167 e. The normalized spacial score (nSPS) is 11.1. The second-order valence-electron chi connectivity index (χ2n) is 6.39. The maximum atomic E-state index is 4.97. The third-order valence-corrected chi connectivity index (χ3v) is 4.80. The summed E-state index contributed by atoms with van der Waals surface area (Å²) >= 11 is 0. The molecule has 0 spiro atoms. The van der Waals surface area contributed by atoms with E-state index in [1.54, 1.807) is 0 Å². The smallest absolute Gasteiger partial charge is 0.167 e. The number of aromatic nitrogens is 2. The average Bonchev–Trinajstić information content (AvgIpc) is 2.74. The molecule has 2 nitrogen and oxygen atoms in total. The Kier molecular flexibility index (Phi) is 3.46. The molecule has 0 unspecified atom stereocenters. The van der Waals surface area contributed by atoms with E-state index in [0.717, 1.165) is 16.8 Å². The molecule has 2 heteroatoms. The first-order valence-corrected chi connectivity index (χ1v) is 8.74. The van der Waals surface area contributed by atoms with Crippen LogP contribution >= 0.6 is 0 Å². The van der Waals surface area contributed by atoms with Gasteiger partial charge in [0.25, 0.3) is 0 Å². The second-order valence-corrected chi connectivity index (χ2v) is 6.39. The quantitative estimate of drug-likeness (QED) is 0.390. The van der Waals surface area contributed by atoms with Gasteiger partial charge in [0.15, 0.2) is 12.4 Å². The molecule has 0 bridgehead atoms. The monoisotopic (exact) mass is 333 g/mol. The van der Waals surface area contributed by atoms with Gasteiger partial charge in [-0.15, -0.1) is 0 Å². The molecule has 2 aromatic heterocycles. The third kappa shape index (κ3) is 2.44. The second kappa shape index (κ2) is 6.08. The number of nitrogens with one attached hydrogen (secondary N) is 1. The fourth-order valence-electron chi connectivity index (χ4n) is 3.56. The van der Waals surface area contributed by atoms with Crippen LogP contribution in [0.2, 0.25) is 0 Å². The number of benzene rings is 3. The van der Waals surface area contributed by atoms with Crippen molar-refractivity contribution in [1.29, 1.82) is 0 Å². The van der Waals surface area contributed by atoms with Crippen LogP contribution in [-0.4, -0.2) is 4.98 Å². The molecule has 0 saturated carbocycles. The lowest BCUT2D eigenvalue weighted by molar-refractivity contribution is -0.377. The Bertz CT molecular complexity index is 1210. The van der Waals surface area contributed by atoms with E-state index in [2.05, 4.69) is 83.8 Å². The van der Waals surface area contributed by atoms with E-state index in [9.17, 15) is 0 Å². The maximum absolute atomic E-state index is 4.97. The molecule has 0 saturated heterocycles. The molecule has 5 aromatic rings. The van der Waals surface area contributed by atoms with Crippen LogP contribution in [0.15, 0.2) is 97.3 Å². The van der Waals surface area contributed by atoms with E-state index in [1.165, 1.54) is 27.3 Å². The lowest BCUT2D eigenvalue weighted by Crippen LogP contribution is -1.98. The minimum absolute atomic E-state index is 0.996. The summed E-state index contributed by atoms with van der Waals surface area (Å²) in [5.74, 6) is 0. The zero-order valence-corrected chi connectivity index (χ0v) is 14.2. The highest BCUT2D eigenvalue weighted by atomic mass is 14.7. The molecule has 2 heterocycles. The lowest BCUT2D eigenvalue weighted by Gasteiger charge is -2.12. The fourth-order valence-corrected chi connectivity index (χ4v) is 3.56. The summed E-state index contributed by atoms with van der Waals surface area (Å²) in [7, 11) is 0. The zero-order chi connectivity index (χ0) is 17.3. The highest BCUT2D eigenvalue weighted by Crippen LogP contribution is 2.36. The number of pyridine rings is 2. The summed E-state index contributed by atoms with van der Waals surface area (Å²) in [5.41, 5.74) is 5.54. The van der Waals surface area contributed by atoms with Crippen LogP contribution in [0.4, 0.5) is 0 Å². The molecule has 0 aliphatic rings. The van der Waals surface area contributed by atoms with E-state index in [0.29, 0.717) is 0 Å². The van der Waals surface area contributed by atoms with E-state index in [1.807, 2.05) is 18.5 Å². The van der Waals surface area contributed by atoms with Crippen molar-refractivity contribution in [3.8, 4) is 22.4 Å². The van der Waals surface area contributed by atoms with Gasteiger partial charge in [0.05, 0.1) is 11.2 Å². The van der Waals surface area contributed by atoms with Crippen LogP contribution in [0.5, 0.6) is 0 Å². The Balaban J connectivity index is 1.92. The predicted molar refractivity (Wildman–Crippen MR) is 107 cm³/mol. The van der Waals surface area contributed by atoms with Gasteiger partial charge in [0.2, 0.25) is 0 Å². The van der Waals surface area contributed by atoms with Crippen molar-refractivity contribution in [3.05, 3.63) is 97.3 Å². The van der Waals surface area contributed by atoms with Gasteiger partial charge in [-0.1, -0.05) is 60.7 Å². The summed E-state index contributed by atoms with van der Waals surface area (Å²) in [4.78, 5) is 8.09. The van der Waals surface area contributed by atoms with Gasteiger partial charge in [0, 0.05) is 23.1 Å². The summed E-state index contributed by atoms with van der Waals surface area (Å²) in [6, 6.07) is 29.6. The van der Waals surface area contributed by atoms with Crippen molar-refractivity contribution in [1.82, 2.24) is 4.98 Å². The van der Waals surface area contributed by atoms with Crippen molar-refractivity contribution in [3.63, 3.8) is 0 Å². The van der Waals surface area contributed by atoms with Crippen LogP contribution in [-0.2, 0) is 0 Å². The van der Waals surface area contributed by atoms with Gasteiger partial charge in [-0.05, 0) is 34.0 Å². The first-order chi connectivity index (χ1) is 12.9. The minimum atomic E-state index is 0.996. The molecule has 0 atom stereocenters. The van der Waals surface area contributed by atoms with Crippen molar-refractivity contribution in [2.75, 3.05) is 0 Å². The first-order valence-electron chi connectivity index (χ1n) is 8.74. The first kappa shape index (κ1) is 14.8. The topological polar surface area (TPSA) is 27.0 Å². The Morgan fingerprint density at radius 1 is 0.654 bits per heavy atom. The minimum Gasteiger partial charge on any atom is -0.248 e. The van der Waals surface area contributed by atoms with E-state index < -0.39 is 0 Å². The van der Waals surface area contributed by atoms with Crippen molar-refractivity contribution in [2.24, 2.45) is 0 Å². The lowest BCUT2D eigenvalue weighted by atomic mass is 9.95. The molecule has 0 aliphatic heterocycles. The van der Waals surface area contributed by atoms with Gasteiger partial charge in [-0.3, -0.25) is 0 Å². The predicted octanol–water partition coefficient (Wildman–Crippen LogP) is 5.54. The molecule has 0 amide bonds. The molecule has 26 heavy (non-hydrogen) atoms. The van der Waals surface area contributed by atoms with Gasteiger partial charge in [-0.25, -0.2) is 9.97 Å². The molecule has 122 valence electrons. The molecular weight excluding hydrogens is 316 g/mol. The largest absolute Gasteiger partial charge is 0.248 e. The standard InChI is InChI=1S/C24H16N2/c1-2-7-19(8-3-1)23-16-21(18-12-14-25-15-13-18)24-20-9-5-4-6-17(20)10-11-22(24)26-23/h1-16H/p+1. The molecule has 1 N–H and O–H groups in total. The Morgan fingerprint density at radius 3 is 2.27 bits per heavy atom. The number of rotatable bonds is 2. The van der Waals surface area contributed by atoms with Crippen molar-refractivity contribution < 1.29 is 4.98 Å². The Hall–Kier alpha value is -3.52. The average molecular weight is 333 g/mol. The van der Waals surface area contributed by atoms with Crippen LogP contribution < -0.4 is 4.98 Å². The number of hydrogen-bond donors (Lipinski definition) is 0. The van der Waals surface area contributed by atoms with Crippen LogP contribution in [0, 0.1) is 0 Å². The van der Waals surface area contributed by atoms with E-state index in [-0.39, 0.29) is 0 Å². The number of fused-ring (bicyclic) bond motifs is 3. The number of hydrogen-bond acceptors (Lipinski definition) is 1. The molecular formula is C24H17N2+. The SMILES string of the molecule is c1ccc(-c2cc(-c3cc[nH+]cc3)c3c(ccc4ccccc43)n2)cc1. The number of aromatic amines is 1. The van der Waals surface area contributed by atoms with Crippen molar-refractivity contribution in [2.45, 2.75) is 0 Å². The highest BCUT2D eigenvalue weighted by Gasteiger charge is 2.12. The fraction of sp³-hybridized carbons (Fsp3) is 0. The summed E-state index contributed by atoms with van der Waals surface area (Å²) in [6.07, 6.45) is 3.93. The third-order valence-electron chi connectivity index (χ3n) is 4.80. The Labute approximate surface area is 151 Å².